The van der Waals surface area contributed by atoms with Crippen LogP contribution in [0, 0.1) is 5.92 Å². The van der Waals surface area contributed by atoms with Crippen molar-refractivity contribution in [3.63, 3.8) is 0 Å². The first-order valence-electron chi connectivity index (χ1n) is 21.3. The summed E-state index contributed by atoms with van der Waals surface area (Å²) in [7, 11) is 0. The minimum absolute atomic E-state index is 0.264. The van der Waals surface area contributed by atoms with E-state index in [1.807, 2.05) is 0 Å². The maximum atomic E-state index is 13.0. The van der Waals surface area contributed by atoms with Gasteiger partial charge in [0.25, 0.3) is 0 Å². The molecule has 0 unspecified atom stereocenters. The Hall–Kier alpha value is -0.890. The van der Waals surface area contributed by atoms with Crippen LogP contribution in [0.1, 0.15) is 181 Å². The van der Waals surface area contributed by atoms with Crippen LogP contribution in [-0.2, 0) is 14.3 Å². The van der Waals surface area contributed by atoms with E-state index >= 15 is 0 Å². The number of carbonyl (C=O) groups excluding carboxylic acids is 1. The number of ether oxygens (including phenoxy) is 2. The molecule has 0 spiro atoms. The Morgan fingerprint density at radius 3 is 1.60 bits per heavy atom. The van der Waals surface area contributed by atoms with E-state index in [0.29, 0.717) is 19.3 Å². The van der Waals surface area contributed by atoms with Gasteiger partial charge < -0.3 is 50.5 Å². The zero-order valence-corrected chi connectivity index (χ0v) is 33.2. The molecule has 0 aliphatic carbocycles. The third-order valence-electron chi connectivity index (χ3n) is 11.0. The first-order valence-corrected chi connectivity index (χ1v) is 21.3. The summed E-state index contributed by atoms with van der Waals surface area (Å²) in [5, 5.41) is 75.4. The van der Waals surface area contributed by atoms with Crippen molar-refractivity contribution in [3.8, 4) is 0 Å². The summed E-state index contributed by atoms with van der Waals surface area (Å²) in [6, 6.07) is -1.16. The monoisotopic (exact) mass is 748 g/mol. The first kappa shape index (κ1) is 49.1. The van der Waals surface area contributed by atoms with Crippen molar-refractivity contribution >= 4 is 5.91 Å². The van der Waals surface area contributed by atoms with Gasteiger partial charge in [-0.2, -0.15) is 0 Å². The lowest BCUT2D eigenvalue weighted by Crippen LogP contribution is -2.60. The third-order valence-corrected chi connectivity index (χ3v) is 11.0. The number of carbonyl (C=O) groups is 1. The number of amides is 1. The van der Waals surface area contributed by atoms with Gasteiger partial charge in [-0.25, -0.2) is 0 Å². The highest BCUT2D eigenvalue weighted by molar-refractivity contribution is 5.80. The number of hydrogen-bond donors (Lipinski definition) is 8. The van der Waals surface area contributed by atoms with Crippen LogP contribution in [0.2, 0.25) is 0 Å². The normalized spacial score (nSPS) is 23.6. The van der Waals surface area contributed by atoms with Crippen LogP contribution < -0.4 is 5.32 Å². The topological polar surface area (TPSA) is 189 Å². The van der Waals surface area contributed by atoms with Gasteiger partial charge in [0.1, 0.15) is 36.6 Å². The fourth-order valence-corrected chi connectivity index (χ4v) is 6.94. The second-order valence-corrected chi connectivity index (χ2v) is 15.7. The lowest BCUT2D eigenvalue weighted by molar-refractivity contribution is -0.303. The Bertz CT molecular complexity index is 835. The van der Waals surface area contributed by atoms with E-state index < -0.39 is 74.2 Å². The van der Waals surface area contributed by atoms with E-state index in [-0.39, 0.29) is 6.42 Å². The smallest absolute Gasteiger partial charge is 0.249 e. The maximum Gasteiger partial charge on any atom is 0.249 e. The molecule has 0 aromatic heterocycles. The van der Waals surface area contributed by atoms with Gasteiger partial charge in [0.15, 0.2) is 6.29 Å². The molecule has 1 fully saturated rings. The molecule has 310 valence electrons. The van der Waals surface area contributed by atoms with Crippen LogP contribution in [0.5, 0.6) is 0 Å². The molecule has 1 saturated heterocycles. The van der Waals surface area contributed by atoms with Gasteiger partial charge in [-0.3, -0.25) is 4.79 Å². The van der Waals surface area contributed by atoms with Gasteiger partial charge >= 0.3 is 0 Å². The standard InChI is InChI=1S/C41H81NO10/c1-4-6-7-8-9-10-11-12-15-19-22-25-28-34(45)40(50)42-32(30-51-41-39(49)38(48)37(47)35(29-43)52-41)36(46)33(44)27-24-21-18-16-13-14-17-20-23-26-31(3)5-2/h31-39,41,43-49H,4-30H2,1-3H3,(H,42,50)/t31-,32-,33+,34+,35+,36-,37+,38-,39+,41+/m0/s1. The molecule has 0 radical (unpaired) electrons. The lowest BCUT2D eigenvalue weighted by atomic mass is 9.98. The number of hydrogen-bond acceptors (Lipinski definition) is 10. The van der Waals surface area contributed by atoms with Crippen LogP contribution in [0.25, 0.3) is 0 Å². The van der Waals surface area contributed by atoms with Crippen molar-refractivity contribution in [2.24, 2.45) is 5.92 Å². The minimum Gasteiger partial charge on any atom is -0.394 e. The summed E-state index contributed by atoms with van der Waals surface area (Å²) in [5.74, 6) is 0.118. The SMILES string of the molecule is CCCCCCCCCCCCCC[C@@H](O)C(=O)N[C@@H](CO[C@@H]1O[C@H](CO)[C@@H](O)[C@H](O)[C@H]1O)[C@H](O)[C@H](O)CCCCCCCCCCC[C@@H](C)CC. The van der Waals surface area contributed by atoms with Gasteiger partial charge in [-0.1, -0.05) is 168 Å². The Morgan fingerprint density at radius 1 is 0.654 bits per heavy atom. The first-order chi connectivity index (χ1) is 25.1. The second kappa shape index (κ2) is 31.3. The molecule has 52 heavy (non-hydrogen) atoms. The van der Waals surface area contributed by atoms with Gasteiger partial charge in [0, 0.05) is 0 Å². The average molecular weight is 748 g/mol. The van der Waals surface area contributed by atoms with E-state index in [4.69, 9.17) is 9.47 Å². The zero-order valence-electron chi connectivity index (χ0n) is 33.2. The zero-order chi connectivity index (χ0) is 38.6. The van der Waals surface area contributed by atoms with E-state index in [2.05, 4.69) is 26.1 Å². The maximum absolute atomic E-state index is 13.0. The Labute approximate surface area is 316 Å². The van der Waals surface area contributed by atoms with Crippen molar-refractivity contribution in [2.45, 2.75) is 236 Å². The molecule has 1 rings (SSSR count). The summed E-state index contributed by atoms with van der Waals surface area (Å²) >= 11 is 0. The molecule has 8 N–H and O–H groups in total. The van der Waals surface area contributed by atoms with Crippen LogP contribution in [0.4, 0.5) is 0 Å². The average Bonchev–Trinajstić information content (AvgIpc) is 3.14. The fourth-order valence-electron chi connectivity index (χ4n) is 6.94. The number of rotatable bonds is 34. The Morgan fingerprint density at radius 2 is 1.12 bits per heavy atom. The van der Waals surface area contributed by atoms with E-state index in [1.54, 1.807) is 0 Å². The number of unbranched alkanes of at least 4 members (excludes halogenated alkanes) is 19. The molecule has 0 bridgehead atoms. The quantitative estimate of drug-likeness (QED) is 0.0374. The van der Waals surface area contributed by atoms with E-state index in [0.717, 1.165) is 44.4 Å². The van der Waals surface area contributed by atoms with Gasteiger partial charge in [0.2, 0.25) is 5.91 Å². The molecule has 1 heterocycles. The highest BCUT2D eigenvalue weighted by atomic mass is 16.7. The number of aliphatic hydroxyl groups excluding tert-OH is 7. The Kier molecular flexibility index (Phi) is 29.6. The van der Waals surface area contributed by atoms with E-state index in [1.165, 1.54) is 96.3 Å². The lowest BCUT2D eigenvalue weighted by Gasteiger charge is -2.40. The largest absolute Gasteiger partial charge is 0.394 e. The van der Waals surface area contributed by atoms with E-state index in [9.17, 15) is 40.5 Å². The molecule has 0 aromatic rings. The molecule has 0 aromatic carbocycles. The summed E-state index contributed by atoms with van der Waals surface area (Å²) in [5.41, 5.74) is 0. The highest BCUT2D eigenvalue weighted by Crippen LogP contribution is 2.23. The summed E-state index contributed by atoms with van der Waals surface area (Å²) < 4.78 is 11.1. The second-order valence-electron chi connectivity index (χ2n) is 15.7. The summed E-state index contributed by atoms with van der Waals surface area (Å²) in [4.78, 5) is 13.0. The fraction of sp³-hybridized carbons (Fsp3) is 0.976. The van der Waals surface area contributed by atoms with Crippen molar-refractivity contribution < 1.29 is 50.0 Å². The molecule has 11 nitrogen and oxygen atoms in total. The molecule has 1 aliphatic rings. The molecule has 1 aliphatic heterocycles. The molecular formula is C41H81NO10. The molecule has 10 atom stereocenters. The predicted molar refractivity (Wildman–Crippen MR) is 206 cm³/mol. The van der Waals surface area contributed by atoms with Crippen molar-refractivity contribution in [2.75, 3.05) is 13.2 Å². The van der Waals surface area contributed by atoms with Gasteiger partial charge in [-0.15, -0.1) is 0 Å². The van der Waals surface area contributed by atoms with Crippen LogP contribution in [0.3, 0.4) is 0 Å². The van der Waals surface area contributed by atoms with Crippen molar-refractivity contribution in [1.82, 2.24) is 5.32 Å². The summed E-state index contributed by atoms with van der Waals surface area (Å²) in [6.07, 6.45) is 15.8. The van der Waals surface area contributed by atoms with Crippen molar-refractivity contribution in [3.05, 3.63) is 0 Å². The predicted octanol–water partition coefficient (Wildman–Crippen LogP) is 5.80. The molecule has 1 amide bonds. The van der Waals surface area contributed by atoms with Gasteiger partial charge in [0.05, 0.1) is 25.4 Å². The molecule has 0 saturated carbocycles. The van der Waals surface area contributed by atoms with Gasteiger partial charge in [-0.05, 0) is 18.8 Å². The third kappa shape index (κ3) is 21.9. The van der Waals surface area contributed by atoms with Crippen LogP contribution in [-0.4, -0.2) is 110 Å². The van der Waals surface area contributed by atoms with Crippen LogP contribution in [0.15, 0.2) is 0 Å². The van der Waals surface area contributed by atoms with Crippen molar-refractivity contribution in [1.29, 1.82) is 0 Å². The minimum atomic E-state index is -1.66. The Balaban J connectivity index is 2.53. The molecule has 11 heteroatoms. The number of nitrogens with one attached hydrogen (secondary N) is 1. The van der Waals surface area contributed by atoms with Crippen LogP contribution >= 0.6 is 0 Å². The highest BCUT2D eigenvalue weighted by Gasteiger charge is 2.44. The molecular weight excluding hydrogens is 666 g/mol. The summed E-state index contributed by atoms with van der Waals surface area (Å²) in [6.45, 7) is 5.74. The number of aliphatic hydroxyl groups is 7.